The van der Waals surface area contributed by atoms with Gasteiger partial charge in [0.1, 0.15) is 0 Å². The number of unbranched alkanes of at least 4 members (excludes halogenated alkanes) is 5. The van der Waals surface area contributed by atoms with Crippen LogP contribution in [0.3, 0.4) is 0 Å². The molecule has 0 aromatic carbocycles. The zero-order valence-electron chi connectivity index (χ0n) is 18.8. The Balaban J connectivity index is 2.60. The third-order valence-electron chi connectivity index (χ3n) is 7.24. The van der Waals surface area contributed by atoms with Crippen molar-refractivity contribution in [3.63, 3.8) is 0 Å². The lowest BCUT2D eigenvalue weighted by Gasteiger charge is -2.46. The number of hydrogen-bond donors (Lipinski definition) is 0. The Bertz CT molecular complexity index is 334. The molecule has 0 radical (unpaired) electrons. The molecule has 1 saturated carbocycles. The molecule has 25 heavy (non-hydrogen) atoms. The first-order chi connectivity index (χ1) is 11.7. The maximum Gasteiger partial charge on any atom is 0.0124 e. The molecule has 0 bridgehead atoms. The fourth-order valence-electron chi connectivity index (χ4n) is 4.98. The quantitative estimate of drug-likeness (QED) is 0.343. The van der Waals surface area contributed by atoms with Gasteiger partial charge in [0.15, 0.2) is 0 Å². The summed E-state index contributed by atoms with van der Waals surface area (Å²) in [5, 5.41) is 0. The van der Waals surface area contributed by atoms with Crippen LogP contribution in [0.5, 0.6) is 0 Å². The molecule has 0 saturated heterocycles. The summed E-state index contributed by atoms with van der Waals surface area (Å²) in [7, 11) is 2.34. The minimum absolute atomic E-state index is 0.308. The smallest absolute Gasteiger partial charge is 0.0124 e. The molecule has 0 aromatic rings. The molecule has 0 spiro atoms. The van der Waals surface area contributed by atoms with E-state index in [1.165, 1.54) is 83.5 Å². The van der Waals surface area contributed by atoms with Crippen LogP contribution in [0.15, 0.2) is 0 Å². The zero-order chi connectivity index (χ0) is 18.9. The lowest BCUT2D eigenvalue weighted by Crippen LogP contribution is -2.47. The van der Waals surface area contributed by atoms with Gasteiger partial charge in [0.2, 0.25) is 0 Å². The van der Waals surface area contributed by atoms with E-state index < -0.39 is 0 Å². The first-order valence-electron chi connectivity index (χ1n) is 11.5. The average Bonchev–Trinajstić information content (AvgIpc) is 2.58. The predicted molar refractivity (Wildman–Crippen MR) is 114 cm³/mol. The van der Waals surface area contributed by atoms with Gasteiger partial charge in [0.05, 0.1) is 0 Å². The second-order valence-corrected chi connectivity index (χ2v) is 10.2. The van der Waals surface area contributed by atoms with E-state index in [-0.39, 0.29) is 0 Å². The van der Waals surface area contributed by atoms with Crippen LogP contribution in [0.25, 0.3) is 0 Å². The van der Waals surface area contributed by atoms with Gasteiger partial charge in [-0.05, 0) is 77.7 Å². The number of nitrogens with zero attached hydrogens (tertiary/aromatic N) is 1. The van der Waals surface area contributed by atoms with Crippen molar-refractivity contribution < 1.29 is 0 Å². The molecule has 1 heteroatoms. The molecule has 1 unspecified atom stereocenters. The van der Waals surface area contributed by atoms with E-state index in [2.05, 4.69) is 53.5 Å². The largest absolute Gasteiger partial charge is 0.299 e. The SMILES string of the molecule is CCCCCCC(C)(CCCCC)C1CCC(N(C)C(C)(C)C)CC1. The van der Waals surface area contributed by atoms with E-state index in [1.54, 1.807) is 0 Å². The molecule has 0 heterocycles. The summed E-state index contributed by atoms with van der Waals surface area (Å²) in [6.07, 6.45) is 18.6. The molecule has 1 nitrogen and oxygen atoms in total. The van der Waals surface area contributed by atoms with Gasteiger partial charge in [0, 0.05) is 11.6 Å². The van der Waals surface area contributed by atoms with Gasteiger partial charge in [-0.2, -0.15) is 0 Å². The number of hydrogen-bond acceptors (Lipinski definition) is 1. The van der Waals surface area contributed by atoms with E-state index in [0.717, 1.165) is 12.0 Å². The zero-order valence-corrected chi connectivity index (χ0v) is 18.8. The Hall–Kier alpha value is -0.0400. The first kappa shape index (κ1) is 23.0. The highest BCUT2D eigenvalue weighted by atomic mass is 15.2. The summed E-state index contributed by atoms with van der Waals surface area (Å²) in [5.74, 6) is 0.968. The highest BCUT2D eigenvalue weighted by Crippen LogP contribution is 2.46. The van der Waals surface area contributed by atoms with E-state index >= 15 is 0 Å². The maximum atomic E-state index is 2.65. The topological polar surface area (TPSA) is 3.24 Å². The molecule has 1 fully saturated rings. The van der Waals surface area contributed by atoms with Crippen molar-refractivity contribution in [1.29, 1.82) is 0 Å². The van der Waals surface area contributed by atoms with E-state index in [4.69, 9.17) is 0 Å². The maximum absolute atomic E-state index is 2.65. The van der Waals surface area contributed by atoms with Crippen LogP contribution in [0, 0.1) is 11.3 Å². The first-order valence-corrected chi connectivity index (χ1v) is 11.5. The van der Waals surface area contributed by atoms with Gasteiger partial charge in [-0.1, -0.05) is 65.7 Å². The van der Waals surface area contributed by atoms with E-state index in [0.29, 0.717) is 11.0 Å². The van der Waals surface area contributed by atoms with Gasteiger partial charge in [0.25, 0.3) is 0 Å². The lowest BCUT2D eigenvalue weighted by atomic mass is 9.64. The standard InChI is InChI=1S/C24H49N/c1-8-10-12-14-20-24(6,19-13-11-9-2)21-15-17-22(18-16-21)25(7)23(3,4)5/h21-22H,8-20H2,1-7H3. The molecular formula is C24H49N. The molecule has 0 aliphatic heterocycles. The second-order valence-electron chi connectivity index (χ2n) is 10.2. The molecule has 1 atom stereocenters. The predicted octanol–water partition coefficient (Wildman–Crippen LogP) is 7.83. The molecule has 1 aliphatic carbocycles. The Morgan fingerprint density at radius 3 is 1.68 bits per heavy atom. The summed E-state index contributed by atoms with van der Waals surface area (Å²) in [6.45, 7) is 14.4. The van der Waals surface area contributed by atoms with Gasteiger partial charge < -0.3 is 0 Å². The summed E-state index contributed by atoms with van der Waals surface area (Å²) < 4.78 is 0. The molecule has 1 rings (SSSR count). The Labute approximate surface area is 160 Å². The van der Waals surface area contributed by atoms with Crippen LogP contribution in [0.1, 0.15) is 125 Å². The minimum Gasteiger partial charge on any atom is -0.299 e. The van der Waals surface area contributed by atoms with Gasteiger partial charge >= 0.3 is 0 Å². The van der Waals surface area contributed by atoms with Crippen LogP contribution < -0.4 is 0 Å². The Morgan fingerprint density at radius 1 is 0.720 bits per heavy atom. The van der Waals surface area contributed by atoms with Gasteiger partial charge in [-0.15, -0.1) is 0 Å². The van der Waals surface area contributed by atoms with Crippen molar-refractivity contribution in [2.45, 2.75) is 137 Å². The Morgan fingerprint density at radius 2 is 1.20 bits per heavy atom. The van der Waals surface area contributed by atoms with Crippen molar-refractivity contribution in [2.75, 3.05) is 7.05 Å². The van der Waals surface area contributed by atoms with Crippen molar-refractivity contribution in [1.82, 2.24) is 4.90 Å². The third-order valence-corrected chi connectivity index (χ3v) is 7.24. The van der Waals surface area contributed by atoms with Crippen LogP contribution >= 0.6 is 0 Å². The summed E-state index contributed by atoms with van der Waals surface area (Å²) in [6, 6.07) is 0.802. The van der Waals surface area contributed by atoms with Crippen molar-refractivity contribution in [3.8, 4) is 0 Å². The molecule has 1 aliphatic rings. The van der Waals surface area contributed by atoms with Gasteiger partial charge in [-0.3, -0.25) is 4.90 Å². The van der Waals surface area contributed by atoms with Crippen molar-refractivity contribution in [3.05, 3.63) is 0 Å². The second kappa shape index (κ2) is 11.0. The van der Waals surface area contributed by atoms with Crippen LogP contribution in [-0.2, 0) is 0 Å². The molecule has 0 N–H and O–H groups in total. The molecule has 0 amide bonds. The van der Waals surface area contributed by atoms with Gasteiger partial charge in [-0.25, -0.2) is 0 Å². The minimum atomic E-state index is 0.308. The van der Waals surface area contributed by atoms with Crippen molar-refractivity contribution in [2.24, 2.45) is 11.3 Å². The van der Waals surface area contributed by atoms with Crippen LogP contribution in [0.2, 0.25) is 0 Å². The molecule has 150 valence electrons. The Kier molecular flexibility index (Phi) is 10.1. The number of rotatable bonds is 11. The third kappa shape index (κ3) is 7.61. The highest BCUT2D eigenvalue weighted by molar-refractivity contribution is 4.90. The lowest BCUT2D eigenvalue weighted by molar-refractivity contribution is 0.0393. The summed E-state index contributed by atoms with van der Waals surface area (Å²) in [4.78, 5) is 2.64. The normalized spacial score (nSPS) is 24.5. The monoisotopic (exact) mass is 351 g/mol. The van der Waals surface area contributed by atoms with Crippen LogP contribution in [-0.4, -0.2) is 23.5 Å². The van der Waals surface area contributed by atoms with E-state index in [1.807, 2.05) is 0 Å². The molecule has 0 aromatic heterocycles. The summed E-state index contributed by atoms with van der Waals surface area (Å²) >= 11 is 0. The fourth-order valence-corrected chi connectivity index (χ4v) is 4.98. The highest BCUT2D eigenvalue weighted by Gasteiger charge is 2.37. The van der Waals surface area contributed by atoms with E-state index in [9.17, 15) is 0 Å². The summed E-state index contributed by atoms with van der Waals surface area (Å²) in [5.41, 5.74) is 0.913. The molecular weight excluding hydrogens is 302 g/mol. The van der Waals surface area contributed by atoms with Crippen molar-refractivity contribution >= 4 is 0 Å². The average molecular weight is 352 g/mol. The fraction of sp³-hybridized carbons (Fsp3) is 1.00. The van der Waals surface area contributed by atoms with Crippen LogP contribution in [0.4, 0.5) is 0 Å².